The van der Waals surface area contributed by atoms with Crippen LogP contribution >= 0.6 is 0 Å². The second-order valence-electron chi connectivity index (χ2n) is 4.71. The van der Waals surface area contributed by atoms with Crippen LogP contribution in [0.15, 0.2) is 6.07 Å². The second-order valence-corrected chi connectivity index (χ2v) is 4.71. The molecule has 20 heavy (non-hydrogen) atoms. The van der Waals surface area contributed by atoms with Crippen LogP contribution in [0.2, 0.25) is 0 Å². The fourth-order valence-electron chi connectivity index (χ4n) is 2.31. The van der Waals surface area contributed by atoms with Gasteiger partial charge in [-0.15, -0.1) is 0 Å². The van der Waals surface area contributed by atoms with E-state index in [1.807, 2.05) is 27.0 Å². The van der Waals surface area contributed by atoms with Crippen molar-refractivity contribution in [3.8, 4) is 5.88 Å². The third kappa shape index (κ3) is 2.89. The normalized spacial score (nSPS) is 10.7. The Morgan fingerprint density at radius 1 is 1.30 bits per heavy atom. The van der Waals surface area contributed by atoms with Crippen molar-refractivity contribution in [2.24, 2.45) is 7.05 Å². The van der Waals surface area contributed by atoms with Gasteiger partial charge in [0.05, 0.1) is 18.4 Å². The number of hydrogen-bond donors (Lipinski definition) is 1. The van der Waals surface area contributed by atoms with Crippen LogP contribution in [0.1, 0.15) is 29.7 Å². The maximum Gasteiger partial charge on any atom is 0.216 e. The average molecular weight is 275 g/mol. The lowest BCUT2D eigenvalue weighted by Gasteiger charge is -2.09. The lowest BCUT2D eigenvalue weighted by atomic mass is 10.2. The van der Waals surface area contributed by atoms with Gasteiger partial charge in [-0.25, -0.2) is 14.6 Å². The average Bonchev–Trinajstić information content (AvgIpc) is 2.70. The van der Waals surface area contributed by atoms with E-state index in [1.165, 1.54) is 0 Å². The van der Waals surface area contributed by atoms with Crippen LogP contribution in [-0.4, -0.2) is 26.9 Å². The Bertz CT molecular complexity index is 586. The van der Waals surface area contributed by atoms with Gasteiger partial charge in [-0.3, -0.25) is 0 Å². The van der Waals surface area contributed by atoms with E-state index in [1.54, 1.807) is 11.8 Å². The molecule has 108 valence electrons. The van der Waals surface area contributed by atoms with Crippen LogP contribution < -0.4 is 10.1 Å². The molecule has 0 fully saturated rings. The van der Waals surface area contributed by atoms with E-state index in [2.05, 4.69) is 27.3 Å². The third-order valence-electron chi connectivity index (χ3n) is 3.11. The molecule has 0 spiro atoms. The summed E-state index contributed by atoms with van der Waals surface area (Å²) in [5.41, 5.74) is 3.07. The first kappa shape index (κ1) is 14.3. The van der Waals surface area contributed by atoms with Gasteiger partial charge in [0.1, 0.15) is 11.6 Å². The number of aromatic nitrogens is 4. The molecule has 2 aromatic heterocycles. The summed E-state index contributed by atoms with van der Waals surface area (Å²) in [4.78, 5) is 8.65. The summed E-state index contributed by atoms with van der Waals surface area (Å²) < 4.78 is 7.19. The van der Waals surface area contributed by atoms with Crippen molar-refractivity contribution in [2.75, 3.05) is 12.4 Å². The van der Waals surface area contributed by atoms with E-state index in [0.29, 0.717) is 6.54 Å². The van der Waals surface area contributed by atoms with E-state index in [9.17, 15) is 0 Å². The van der Waals surface area contributed by atoms with Gasteiger partial charge in [0.2, 0.25) is 5.88 Å². The molecule has 2 rings (SSSR count). The molecule has 6 heteroatoms. The summed E-state index contributed by atoms with van der Waals surface area (Å²) in [5, 5.41) is 7.79. The van der Waals surface area contributed by atoms with Gasteiger partial charge in [0, 0.05) is 25.4 Å². The van der Waals surface area contributed by atoms with E-state index >= 15 is 0 Å². The fraction of sp³-hybridized carbons (Fsp3) is 0.500. The Kier molecular flexibility index (Phi) is 4.22. The molecule has 1 N–H and O–H groups in total. The SMILES string of the molecule is CCc1nn(C)c(OC)c1CNc1cc(C)nc(C)n1. The van der Waals surface area contributed by atoms with Gasteiger partial charge in [-0.05, 0) is 20.3 Å². The van der Waals surface area contributed by atoms with Crippen LogP contribution in [0.4, 0.5) is 5.82 Å². The van der Waals surface area contributed by atoms with Crippen LogP contribution in [0, 0.1) is 13.8 Å². The molecule has 0 amide bonds. The van der Waals surface area contributed by atoms with Crippen molar-refractivity contribution in [2.45, 2.75) is 33.7 Å². The van der Waals surface area contributed by atoms with Crippen LogP contribution in [0.3, 0.4) is 0 Å². The smallest absolute Gasteiger partial charge is 0.216 e. The first-order chi connectivity index (χ1) is 9.55. The Morgan fingerprint density at radius 2 is 2.05 bits per heavy atom. The molecule has 0 unspecified atom stereocenters. The molecule has 0 aliphatic heterocycles. The topological polar surface area (TPSA) is 64.9 Å². The Balaban J connectivity index is 2.22. The van der Waals surface area contributed by atoms with Gasteiger partial charge in [-0.2, -0.15) is 5.10 Å². The number of nitrogens with one attached hydrogen (secondary N) is 1. The van der Waals surface area contributed by atoms with Crippen molar-refractivity contribution in [3.05, 3.63) is 28.8 Å². The molecule has 2 aromatic rings. The number of anilines is 1. The molecule has 0 saturated carbocycles. The molecule has 0 atom stereocenters. The summed E-state index contributed by atoms with van der Waals surface area (Å²) in [6, 6.07) is 1.93. The Labute approximate surface area is 119 Å². The van der Waals surface area contributed by atoms with Crippen molar-refractivity contribution in [1.82, 2.24) is 19.7 Å². The van der Waals surface area contributed by atoms with E-state index in [-0.39, 0.29) is 0 Å². The van der Waals surface area contributed by atoms with Crippen LogP contribution in [0.25, 0.3) is 0 Å². The quantitative estimate of drug-likeness (QED) is 0.904. The van der Waals surface area contributed by atoms with Crippen LogP contribution in [-0.2, 0) is 20.0 Å². The molecular formula is C14H21N5O. The van der Waals surface area contributed by atoms with Crippen molar-refractivity contribution < 1.29 is 4.74 Å². The second kappa shape index (κ2) is 5.90. The number of hydrogen-bond acceptors (Lipinski definition) is 5. The molecule has 0 aliphatic carbocycles. The zero-order chi connectivity index (χ0) is 14.7. The molecule has 0 aliphatic rings. The Hall–Kier alpha value is -2.11. The van der Waals surface area contributed by atoms with E-state index in [4.69, 9.17) is 4.74 Å². The highest BCUT2D eigenvalue weighted by molar-refractivity contribution is 5.40. The number of methoxy groups -OCH3 is 1. The van der Waals surface area contributed by atoms with Gasteiger partial charge in [0.25, 0.3) is 0 Å². The molecule has 2 heterocycles. The number of nitrogens with zero attached hydrogens (tertiary/aromatic N) is 4. The molecule has 6 nitrogen and oxygen atoms in total. The molecule has 0 saturated heterocycles. The monoisotopic (exact) mass is 275 g/mol. The molecule has 0 bridgehead atoms. The fourth-order valence-corrected chi connectivity index (χ4v) is 2.31. The maximum atomic E-state index is 5.42. The lowest BCUT2D eigenvalue weighted by Crippen LogP contribution is -2.06. The largest absolute Gasteiger partial charge is 0.481 e. The van der Waals surface area contributed by atoms with Gasteiger partial charge < -0.3 is 10.1 Å². The number of aryl methyl sites for hydroxylation is 4. The third-order valence-corrected chi connectivity index (χ3v) is 3.11. The summed E-state index contributed by atoms with van der Waals surface area (Å²) in [7, 11) is 3.55. The number of rotatable bonds is 5. The van der Waals surface area contributed by atoms with Crippen molar-refractivity contribution in [1.29, 1.82) is 0 Å². The predicted octanol–water partition coefficient (Wildman–Crippen LogP) is 2.01. The highest BCUT2D eigenvalue weighted by atomic mass is 16.5. The summed E-state index contributed by atoms with van der Waals surface area (Å²) in [5.74, 6) is 2.38. The first-order valence-electron chi connectivity index (χ1n) is 6.70. The Morgan fingerprint density at radius 3 is 2.65 bits per heavy atom. The minimum atomic E-state index is 0.635. The molecule has 0 radical (unpaired) electrons. The van der Waals surface area contributed by atoms with E-state index < -0.39 is 0 Å². The maximum absolute atomic E-state index is 5.42. The molecule has 0 aromatic carbocycles. The highest BCUT2D eigenvalue weighted by Gasteiger charge is 2.15. The van der Waals surface area contributed by atoms with Crippen molar-refractivity contribution in [3.63, 3.8) is 0 Å². The summed E-state index contributed by atoms with van der Waals surface area (Å²) >= 11 is 0. The zero-order valence-corrected chi connectivity index (χ0v) is 12.7. The first-order valence-corrected chi connectivity index (χ1v) is 6.70. The highest BCUT2D eigenvalue weighted by Crippen LogP contribution is 2.23. The minimum Gasteiger partial charge on any atom is -0.481 e. The predicted molar refractivity (Wildman–Crippen MR) is 78.0 cm³/mol. The van der Waals surface area contributed by atoms with Crippen molar-refractivity contribution >= 4 is 5.82 Å². The standard InChI is InChI=1S/C14H21N5O/c1-6-12-11(14(20-5)19(4)18-12)8-15-13-7-9(2)16-10(3)17-13/h7H,6,8H2,1-5H3,(H,15,16,17). The van der Waals surface area contributed by atoms with Gasteiger partial charge >= 0.3 is 0 Å². The summed E-state index contributed by atoms with van der Waals surface area (Å²) in [6.07, 6.45) is 0.871. The van der Waals surface area contributed by atoms with Gasteiger partial charge in [-0.1, -0.05) is 6.92 Å². The lowest BCUT2D eigenvalue weighted by molar-refractivity contribution is 0.369. The zero-order valence-electron chi connectivity index (χ0n) is 12.7. The summed E-state index contributed by atoms with van der Waals surface area (Å²) in [6.45, 7) is 6.57. The molecular weight excluding hydrogens is 254 g/mol. The van der Waals surface area contributed by atoms with Crippen LogP contribution in [0.5, 0.6) is 5.88 Å². The van der Waals surface area contributed by atoms with E-state index in [0.717, 1.165) is 40.9 Å². The minimum absolute atomic E-state index is 0.635. The van der Waals surface area contributed by atoms with Gasteiger partial charge in [0.15, 0.2) is 0 Å². The number of ether oxygens (including phenoxy) is 1.